The topological polar surface area (TPSA) is 108 Å². The Hall–Kier alpha value is -3.62. The molecule has 3 heterocycles. The van der Waals surface area contributed by atoms with Crippen LogP contribution in [-0.4, -0.2) is 47.1 Å². The van der Waals surface area contributed by atoms with Crippen molar-refractivity contribution in [3.63, 3.8) is 0 Å². The Morgan fingerprint density at radius 1 is 1.14 bits per heavy atom. The van der Waals surface area contributed by atoms with Gasteiger partial charge in [-0.05, 0) is 24.3 Å². The van der Waals surface area contributed by atoms with Crippen molar-refractivity contribution in [2.75, 3.05) is 31.1 Å². The van der Waals surface area contributed by atoms with Crippen LogP contribution in [0.4, 0.5) is 15.2 Å². The number of urea groups is 1. The van der Waals surface area contributed by atoms with E-state index in [1.165, 1.54) is 18.3 Å². The minimum Gasteiger partial charge on any atom is -0.423 e. The van der Waals surface area contributed by atoms with E-state index in [0.29, 0.717) is 64.8 Å². The van der Waals surface area contributed by atoms with Gasteiger partial charge in [-0.3, -0.25) is 4.79 Å². The number of fused-ring (bicyclic) bond motifs is 6. The molecule has 2 amide bonds. The highest BCUT2D eigenvalue weighted by Gasteiger charge is 2.24. The molecule has 5 rings (SSSR count). The molecule has 1 saturated heterocycles. The highest BCUT2D eigenvalue weighted by atomic mass is 19.1. The predicted octanol–water partition coefficient (Wildman–Crippen LogP) is 2.16. The highest BCUT2D eigenvalue weighted by molar-refractivity contribution is 6.22. The number of carbonyl (C=O) groups excluding carboxylic acids is 1. The first kappa shape index (κ1) is 16.5. The van der Waals surface area contributed by atoms with Crippen LogP contribution in [0.3, 0.4) is 0 Å². The maximum absolute atomic E-state index is 13.9. The number of pyridine rings is 1. The van der Waals surface area contributed by atoms with Gasteiger partial charge in [0.2, 0.25) is 0 Å². The molecule has 0 spiro atoms. The molecule has 4 aromatic rings. The third-order valence-corrected chi connectivity index (χ3v) is 5.19. The number of rotatable bonds is 1. The fourth-order valence-electron chi connectivity index (χ4n) is 3.79. The van der Waals surface area contributed by atoms with Gasteiger partial charge in [0.1, 0.15) is 11.3 Å². The number of H-pyrrole nitrogens is 1. The van der Waals surface area contributed by atoms with E-state index in [0.717, 1.165) is 0 Å². The summed E-state index contributed by atoms with van der Waals surface area (Å²) in [5.74, 6) is -0.428. The van der Waals surface area contributed by atoms with Crippen molar-refractivity contribution < 1.29 is 13.6 Å². The van der Waals surface area contributed by atoms with E-state index in [9.17, 15) is 14.0 Å². The summed E-state index contributed by atoms with van der Waals surface area (Å²) < 4.78 is 19.9. The van der Waals surface area contributed by atoms with Gasteiger partial charge in [0, 0.05) is 48.5 Å². The van der Waals surface area contributed by atoms with Gasteiger partial charge in [-0.2, -0.15) is 4.98 Å². The van der Waals surface area contributed by atoms with Crippen molar-refractivity contribution in [2.45, 2.75) is 0 Å². The van der Waals surface area contributed by atoms with Crippen LogP contribution in [0, 0.1) is 5.82 Å². The monoisotopic (exact) mass is 381 g/mol. The van der Waals surface area contributed by atoms with Gasteiger partial charge in [-0.15, -0.1) is 0 Å². The molecule has 2 aromatic heterocycles. The third-order valence-electron chi connectivity index (χ3n) is 5.19. The summed E-state index contributed by atoms with van der Waals surface area (Å²) in [6.07, 6.45) is 1.53. The van der Waals surface area contributed by atoms with Gasteiger partial charge in [-0.1, -0.05) is 0 Å². The van der Waals surface area contributed by atoms with E-state index < -0.39 is 11.8 Å². The van der Waals surface area contributed by atoms with Crippen molar-refractivity contribution in [1.82, 2.24) is 14.9 Å². The zero-order valence-corrected chi connectivity index (χ0v) is 14.7. The molecule has 28 heavy (non-hydrogen) atoms. The molecule has 1 aliphatic heterocycles. The second kappa shape index (κ2) is 5.95. The molecule has 3 N–H and O–H groups in total. The van der Waals surface area contributed by atoms with Crippen LogP contribution >= 0.6 is 0 Å². The number of nitrogens with one attached hydrogen (secondary N) is 1. The van der Waals surface area contributed by atoms with Crippen molar-refractivity contribution in [3.05, 3.63) is 46.6 Å². The number of piperazine rings is 1. The quantitative estimate of drug-likeness (QED) is 0.491. The Morgan fingerprint density at radius 3 is 2.68 bits per heavy atom. The molecule has 8 nitrogen and oxygen atoms in total. The number of hydrogen-bond donors (Lipinski definition) is 2. The number of halogens is 1. The van der Waals surface area contributed by atoms with Gasteiger partial charge >= 0.3 is 6.03 Å². The summed E-state index contributed by atoms with van der Waals surface area (Å²) in [5, 5.41) is 2.08. The molecule has 142 valence electrons. The number of primary amides is 1. The van der Waals surface area contributed by atoms with Crippen molar-refractivity contribution >= 4 is 44.7 Å². The zero-order chi connectivity index (χ0) is 19.4. The van der Waals surface area contributed by atoms with E-state index >= 15 is 0 Å². The Kier molecular flexibility index (Phi) is 3.51. The number of anilines is 1. The summed E-state index contributed by atoms with van der Waals surface area (Å²) in [5.41, 5.74) is 6.06. The van der Waals surface area contributed by atoms with E-state index in [4.69, 9.17) is 10.2 Å². The minimum atomic E-state index is -0.449. The van der Waals surface area contributed by atoms with E-state index in [1.807, 2.05) is 4.90 Å². The summed E-state index contributed by atoms with van der Waals surface area (Å²) in [6, 6.07) is 5.96. The maximum Gasteiger partial charge on any atom is 0.314 e. The summed E-state index contributed by atoms with van der Waals surface area (Å²) in [7, 11) is 0. The van der Waals surface area contributed by atoms with Crippen molar-refractivity contribution in [1.29, 1.82) is 0 Å². The van der Waals surface area contributed by atoms with Crippen LogP contribution in [0.2, 0.25) is 0 Å². The lowest BCUT2D eigenvalue weighted by atomic mass is 10.0. The number of aromatic nitrogens is 2. The van der Waals surface area contributed by atoms with Gasteiger partial charge in [0.15, 0.2) is 5.58 Å². The minimum absolute atomic E-state index is 0.317. The highest BCUT2D eigenvalue weighted by Crippen LogP contribution is 2.35. The lowest BCUT2D eigenvalue weighted by Crippen LogP contribution is -2.50. The third kappa shape index (κ3) is 2.39. The molecular formula is C19H16FN5O3. The fraction of sp³-hybridized carbons (Fsp3) is 0.211. The standard InChI is InChI=1S/C19H16FN5O3/c20-10-1-2-11-13(9-10)14-12(3-4-22-17(14)26)16-15(11)23-19(28-16)25-7-5-24(6-8-25)18(21)27/h1-4,9H,5-8H2,(H2,21,27)(H,22,26). The van der Waals surface area contributed by atoms with E-state index in [1.54, 1.807) is 17.0 Å². The van der Waals surface area contributed by atoms with Crippen LogP contribution in [0.5, 0.6) is 0 Å². The number of nitrogens with two attached hydrogens (primary N) is 1. The molecule has 0 atom stereocenters. The molecule has 1 fully saturated rings. The average molecular weight is 381 g/mol. The first-order valence-corrected chi connectivity index (χ1v) is 8.85. The van der Waals surface area contributed by atoms with Crippen LogP contribution in [-0.2, 0) is 0 Å². The molecule has 0 aliphatic carbocycles. The van der Waals surface area contributed by atoms with Gasteiger partial charge in [-0.25, -0.2) is 9.18 Å². The summed E-state index contributed by atoms with van der Waals surface area (Å²) in [4.78, 5) is 34.5. The molecule has 0 bridgehead atoms. The Labute approximate surface area is 157 Å². The first-order chi connectivity index (χ1) is 13.5. The van der Waals surface area contributed by atoms with Gasteiger partial charge in [0.25, 0.3) is 11.6 Å². The number of amides is 2. The normalized spacial score (nSPS) is 15.0. The van der Waals surface area contributed by atoms with E-state index in [-0.39, 0.29) is 5.56 Å². The Bertz CT molecular complexity index is 1300. The van der Waals surface area contributed by atoms with Crippen molar-refractivity contribution in [3.8, 4) is 0 Å². The number of carbonyl (C=O) groups is 1. The van der Waals surface area contributed by atoms with Crippen LogP contribution < -0.4 is 16.2 Å². The summed E-state index contributed by atoms with van der Waals surface area (Å²) >= 11 is 0. The summed E-state index contributed by atoms with van der Waals surface area (Å²) in [6.45, 7) is 2.00. The van der Waals surface area contributed by atoms with Crippen LogP contribution in [0.15, 0.2) is 39.7 Å². The number of nitrogens with zero attached hydrogens (tertiary/aromatic N) is 3. The Balaban J connectivity index is 1.73. The molecular weight excluding hydrogens is 365 g/mol. The molecule has 9 heteroatoms. The molecule has 1 aliphatic rings. The number of benzene rings is 2. The lowest BCUT2D eigenvalue weighted by molar-refractivity contribution is 0.203. The van der Waals surface area contributed by atoms with Crippen LogP contribution in [0.25, 0.3) is 32.6 Å². The molecule has 2 aromatic carbocycles. The average Bonchev–Trinajstić information content (AvgIpc) is 3.13. The largest absolute Gasteiger partial charge is 0.423 e. The number of hydrogen-bond acceptors (Lipinski definition) is 5. The first-order valence-electron chi connectivity index (χ1n) is 8.85. The SMILES string of the molecule is NC(=O)N1CCN(c2nc3c4ccc(F)cc4c4c(=O)[nH]ccc4c3o2)CC1. The van der Waals surface area contributed by atoms with Gasteiger partial charge in [0.05, 0.1) is 5.39 Å². The van der Waals surface area contributed by atoms with Crippen LogP contribution in [0.1, 0.15) is 0 Å². The predicted molar refractivity (Wildman–Crippen MR) is 103 cm³/mol. The maximum atomic E-state index is 13.9. The van der Waals surface area contributed by atoms with Gasteiger partial charge < -0.3 is 24.9 Å². The molecule has 0 radical (unpaired) electrons. The number of aromatic amines is 1. The Morgan fingerprint density at radius 2 is 1.93 bits per heavy atom. The molecule has 0 saturated carbocycles. The lowest BCUT2D eigenvalue weighted by Gasteiger charge is -2.32. The second-order valence-corrected chi connectivity index (χ2v) is 6.77. The molecule has 0 unspecified atom stereocenters. The van der Waals surface area contributed by atoms with Crippen molar-refractivity contribution in [2.24, 2.45) is 5.73 Å². The smallest absolute Gasteiger partial charge is 0.314 e. The second-order valence-electron chi connectivity index (χ2n) is 6.77. The number of oxazole rings is 1. The fourth-order valence-corrected chi connectivity index (χ4v) is 3.79. The zero-order valence-electron chi connectivity index (χ0n) is 14.7. The van der Waals surface area contributed by atoms with E-state index in [2.05, 4.69) is 9.97 Å².